The molecule has 52 valence electrons. The molecule has 9 heavy (non-hydrogen) atoms. The van der Waals surface area contributed by atoms with Gasteiger partial charge >= 0.3 is 0 Å². The van der Waals surface area contributed by atoms with Gasteiger partial charge in [0.1, 0.15) is 0 Å². The van der Waals surface area contributed by atoms with Crippen molar-refractivity contribution >= 4 is 0 Å². The van der Waals surface area contributed by atoms with Crippen LogP contribution in [0.25, 0.3) is 0 Å². The first-order valence-electron chi connectivity index (χ1n) is 3.36. The molecule has 0 bridgehead atoms. The molecule has 1 N–H and O–H groups in total. The van der Waals surface area contributed by atoms with Gasteiger partial charge < -0.3 is 0 Å². The minimum Gasteiger partial charge on any atom is -0.300 e. The maximum Gasteiger partial charge on any atom is 0.0952 e. The Balaban J connectivity index is 3.47. The summed E-state index contributed by atoms with van der Waals surface area (Å²) in [6.07, 6.45) is 0.884. The zero-order chi connectivity index (χ0) is 7.28. The van der Waals surface area contributed by atoms with Crippen LogP contribution >= 0.6 is 0 Å². The highest BCUT2D eigenvalue weighted by atomic mass is 14.9. The smallest absolute Gasteiger partial charge is 0.0952 e. The Morgan fingerprint density at radius 1 is 1.56 bits per heavy atom. The standard InChI is InChI=1S/C7H14N2/c1-4-7(5-8)9-6(2)3/h6-7,9H,4H2,1-3H3. The molecule has 0 aliphatic heterocycles. The molecule has 0 amide bonds. The van der Waals surface area contributed by atoms with Gasteiger partial charge in [-0.3, -0.25) is 5.32 Å². The molecule has 0 aliphatic rings. The Kier molecular flexibility index (Phi) is 4.08. The quantitative estimate of drug-likeness (QED) is 0.618. The number of nitriles is 1. The SMILES string of the molecule is CCC(C#N)NC(C)C. The average Bonchev–Trinajstić information content (AvgIpc) is 1.82. The highest BCUT2D eigenvalue weighted by Gasteiger charge is 2.03. The predicted molar refractivity (Wildman–Crippen MR) is 38.0 cm³/mol. The third-order valence-corrected chi connectivity index (χ3v) is 1.10. The normalized spacial score (nSPS) is 13.2. The lowest BCUT2D eigenvalue weighted by Crippen LogP contribution is -2.32. The summed E-state index contributed by atoms with van der Waals surface area (Å²) in [5.74, 6) is 0. The highest BCUT2D eigenvalue weighted by molar-refractivity contribution is 4.88. The largest absolute Gasteiger partial charge is 0.300 e. The first kappa shape index (κ1) is 8.45. The van der Waals surface area contributed by atoms with Crippen molar-refractivity contribution in [3.05, 3.63) is 0 Å². The van der Waals surface area contributed by atoms with Crippen LogP contribution in [-0.2, 0) is 0 Å². The first-order valence-corrected chi connectivity index (χ1v) is 3.36. The molecule has 0 rings (SSSR count). The van der Waals surface area contributed by atoms with Gasteiger partial charge in [0.05, 0.1) is 12.1 Å². The molecule has 0 aromatic carbocycles. The highest BCUT2D eigenvalue weighted by Crippen LogP contribution is 1.89. The molecule has 0 heterocycles. The van der Waals surface area contributed by atoms with Gasteiger partial charge in [0.15, 0.2) is 0 Å². The van der Waals surface area contributed by atoms with Crippen LogP contribution in [0.2, 0.25) is 0 Å². The zero-order valence-electron chi connectivity index (χ0n) is 6.31. The van der Waals surface area contributed by atoms with Crippen molar-refractivity contribution in [2.45, 2.75) is 39.3 Å². The van der Waals surface area contributed by atoms with Crippen molar-refractivity contribution in [1.82, 2.24) is 5.32 Å². The van der Waals surface area contributed by atoms with Crippen LogP contribution in [0.1, 0.15) is 27.2 Å². The Bertz CT molecular complexity index is 102. The second kappa shape index (κ2) is 4.34. The molecule has 0 aromatic heterocycles. The van der Waals surface area contributed by atoms with E-state index in [4.69, 9.17) is 5.26 Å². The summed E-state index contributed by atoms with van der Waals surface area (Å²) in [5, 5.41) is 11.6. The van der Waals surface area contributed by atoms with Gasteiger partial charge in [-0.25, -0.2) is 0 Å². The summed E-state index contributed by atoms with van der Waals surface area (Å²) < 4.78 is 0. The topological polar surface area (TPSA) is 35.8 Å². The van der Waals surface area contributed by atoms with Gasteiger partial charge in [0, 0.05) is 6.04 Å². The third-order valence-electron chi connectivity index (χ3n) is 1.10. The fraction of sp³-hybridized carbons (Fsp3) is 0.857. The van der Waals surface area contributed by atoms with E-state index in [1.807, 2.05) is 20.8 Å². The summed E-state index contributed by atoms with van der Waals surface area (Å²) in [5.41, 5.74) is 0. The van der Waals surface area contributed by atoms with Crippen LogP contribution in [0.15, 0.2) is 0 Å². The monoisotopic (exact) mass is 126 g/mol. The lowest BCUT2D eigenvalue weighted by atomic mass is 10.2. The molecule has 0 aliphatic carbocycles. The van der Waals surface area contributed by atoms with Crippen LogP contribution in [-0.4, -0.2) is 12.1 Å². The number of nitrogens with one attached hydrogen (secondary N) is 1. The van der Waals surface area contributed by atoms with Crippen LogP contribution in [0.3, 0.4) is 0 Å². The van der Waals surface area contributed by atoms with Gasteiger partial charge in [0.25, 0.3) is 0 Å². The summed E-state index contributed by atoms with van der Waals surface area (Å²) in [6, 6.07) is 2.62. The van der Waals surface area contributed by atoms with Crippen molar-refractivity contribution in [1.29, 1.82) is 5.26 Å². The van der Waals surface area contributed by atoms with E-state index < -0.39 is 0 Å². The summed E-state index contributed by atoms with van der Waals surface area (Å²) in [7, 11) is 0. The van der Waals surface area contributed by atoms with Crippen LogP contribution in [0, 0.1) is 11.3 Å². The Morgan fingerprint density at radius 2 is 2.11 bits per heavy atom. The summed E-state index contributed by atoms with van der Waals surface area (Å²) >= 11 is 0. The second-order valence-electron chi connectivity index (χ2n) is 2.41. The molecular formula is C7H14N2. The molecule has 0 saturated heterocycles. The van der Waals surface area contributed by atoms with E-state index in [0.717, 1.165) is 6.42 Å². The van der Waals surface area contributed by atoms with Crippen molar-refractivity contribution in [3.63, 3.8) is 0 Å². The number of hydrogen-bond acceptors (Lipinski definition) is 2. The molecule has 0 spiro atoms. The maximum absolute atomic E-state index is 8.46. The fourth-order valence-corrected chi connectivity index (χ4v) is 0.649. The summed E-state index contributed by atoms with van der Waals surface area (Å²) in [6.45, 7) is 6.09. The average molecular weight is 126 g/mol. The molecule has 0 fully saturated rings. The molecule has 2 heteroatoms. The summed E-state index contributed by atoms with van der Waals surface area (Å²) in [4.78, 5) is 0. The van der Waals surface area contributed by atoms with E-state index >= 15 is 0 Å². The van der Waals surface area contributed by atoms with E-state index in [2.05, 4.69) is 11.4 Å². The van der Waals surface area contributed by atoms with Gasteiger partial charge in [-0.15, -0.1) is 0 Å². The third kappa shape index (κ3) is 3.99. The molecule has 1 atom stereocenters. The predicted octanol–water partition coefficient (Wildman–Crippen LogP) is 1.29. The van der Waals surface area contributed by atoms with Crippen molar-refractivity contribution in [3.8, 4) is 6.07 Å². The zero-order valence-corrected chi connectivity index (χ0v) is 6.31. The number of hydrogen-bond donors (Lipinski definition) is 1. The fourth-order valence-electron chi connectivity index (χ4n) is 0.649. The molecular weight excluding hydrogens is 112 g/mol. The van der Waals surface area contributed by atoms with Crippen LogP contribution in [0.5, 0.6) is 0 Å². The van der Waals surface area contributed by atoms with Gasteiger partial charge in [-0.1, -0.05) is 6.92 Å². The number of rotatable bonds is 3. The van der Waals surface area contributed by atoms with Crippen molar-refractivity contribution < 1.29 is 0 Å². The van der Waals surface area contributed by atoms with E-state index in [1.54, 1.807) is 0 Å². The van der Waals surface area contributed by atoms with Gasteiger partial charge in [-0.05, 0) is 20.3 Å². The van der Waals surface area contributed by atoms with E-state index in [0.29, 0.717) is 6.04 Å². The Hall–Kier alpha value is -0.550. The van der Waals surface area contributed by atoms with E-state index in [-0.39, 0.29) is 6.04 Å². The lowest BCUT2D eigenvalue weighted by Gasteiger charge is -2.11. The Morgan fingerprint density at radius 3 is 2.22 bits per heavy atom. The lowest BCUT2D eigenvalue weighted by molar-refractivity contribution is 0.520. The molecule has 0 aromatic rings. The van der Waals surface area contributed by atoms with Gasteiger partial charge in [-0.2, -0.15) is 5.26 Å². The number of nitrogens with zero attached hydrogens (tertiary/aromatic N) is 1. The van der Waals surface area contributed by atoms with Crippen molar-refractivity contribution in [2.75, 3.05) is 0 Å². The molecule has 1 unspecified atom stereocenters. The van der Waals surface area contributed by atoms with E-state index in [1.165, 1.54) is 0 Å². The Labute approximate surface area is 56.9 Å². The second-order valence-corrected chi connectivity index (χ2v) is 2.41. The minimum atomic E-state index is 0.0324. The van der Waals surface area contributed by atoms with Crippen LogP contribution < -0.4 is 5.32 Å². The van der Waals surface area contributed by atoms with E-state index in [9.17, 15) is 0 Å². The van der Waals surface area contributed by atoms with Crippen LogP contribution in [0.4, 0.5) is 0 Å². The molecule has 2 nitrogen and oxygen atoms in total. The molecule has 0 radical (unpaired) electrons. The maximum atomic E-state index is 8.46. The molecule has 0 saturated carbocycles. The first-order chi connectivity index (χ1) is 4.20. The van der Waals surface area contributed by atoms with Crippen molar-refractivity contribution in [2.24, 2.45) is 0 Å². The van der Waals surface area contributed by atoms with Gasteiger partial charge in [0.2, 0.25) is 0 Å². The minimum absolute atomic E-state index is 0.0324.